The Balaban J connectivity index is 2.02. The summed E-state index contributed by atoms with van der Waals surface area (Å²) in [5.74, 6) is 0.509. The molecule has 0 bridgehead atoms. The largest absolute Gasteiger partial charge is 0.330 e. The first-order chi connectivity index (χ1) is 10.2. The van der Waals surface area contributed by atoms with Crippen LogP contribution in [0.3, 0.4) is 0 Å². The molecule has 3 rings (SSSR count). The molecule has 0 amide bonds. The first-order valence-electron chi connectivity index (χ1n) is 8.02. The molecule has 3 nitrogen and oxygen atoms in total. The van der Waals surface area contributed by atoms with Crippen LogP contribution in [0, 0.1) is 5.92 Å². The average Bonchev–Trinajstić information content (AvgIpc) is 2.53. The van der Waals surface area contributed by atoms with Gasteiger partial charge in [-0.15, -0.1) is 0 Å². The molecule has 21 heavy (non-hydrogen) atoms. The molecule has 2 heterocycles. The molecule has 2 N–H and O–H groups in total. The third-order valence-corrected chi connectivity index (χ3v) is 4.68. The van der Waals surface area contributed by atoms with E-state index in [9.17, 15) is 0 Å². The number of para-hydroxylation sites is 1. The summed E-state index contributed by atoms with van der Waals surface area (Å²) < 4.78 is 0. The smallest absolute Gasteiger partial charge is 0.0706 e. The molecule has 112 valence electrons. The van der Waals surface area contributed by atoms with Gasteiger partial charge in [0.15, 0.2) is 0 Å². The van der Waals surface area contributed by atoms with E-state index in [2.05, 4.69) is 55.1 Å². The van der Waals surface area contributed by atoms with Crippen molar-refractivity contribution in [3.63, 3.8) is 0 Å². The fraction of sp³-hybridized carbons (Fsp3) is 0.500. The molecule has 0 aliphatic carbocycles. The van der Waals surface area contributed by atoms with E-state index >= 15 is 0 Å². The van der Waals surface area contributed by atoms with Gasteiger partial charge in [-0.3, -0.25) is 9.88 Å². The lowest BCUT2D eigenvalue weighted by atomic mass is 9.86. The van der Waals surface area contributed by atoms with Crippen LogP contribution in [-0.2, 0) is 0 Å². The van der Waals surface area contributed by atoms with Crippen molar-refractivity contribution < 1.29 is 0 Å². The van der Waals surface area contributed by atoms with Crippen molar-refractivity contribution in [2.24, 2.45) is 11.7 Å². The van der Waals surface area contributed by atoms with Gasteiger partial charge in [0.2, 0.25) is 0 Å². The van der Waals surface area contributed by atoms with Crippen molar-refractivity contribution in [1.82, 2.24) is 9.88 Å². The normalized spacial score (nSPS) is 23.8. The van der Waals surface area contributed by atoms with Gasteiger partial charge in [0.25, 0.3) is 0 Å². The Kier molecular flexibility index (Phi) is 4.22. The highest BCUT2D eigenvalue weighted by molar-refractivity contribution is 5.78. The number of pyridine rings is 1. The molecule has 1 aliphatic heterocycles. The highest BCUT2D eigenvalue weighted by Crippen LogP contribution is 2.36. The molecule has 0 spiro atoms. The van der Waals surface area contributed by atoms with Gasteiger partial charge >= 0.3 is 0 Å². The van der Waals surface area contributed by atoms with Crippen LogP contribution in [0.15, 0.2) is 36.4 Å². The molecular formula is C18H25N3. The molecule has 0 radical (unpaired) electrons. The molecule has 1 aromatic carbocycles. The lowest BCUT2D eigenvalue weighted by molar-refractivity contribution is 0.0640. The van der Waals surface area contributed by atoms with Crippen LogP contribution in [0.1, 0.15) is 38.4 Å². The zero-order valence-corrected chi connectivity index (χ0v) is 13.0. The van der Waals surface area contributed by atoms with Crippen LogP contribution < -0.4 is 5.73 Å². The fourth-order valence-electron chi connectivity index (χ4n) is 3.59. The fourth-order valence-corrected chi connectivity index (χ4v) is 3.59. The summed E-state index contributed by atoms with van der Waals surface area (Å²) in [6, 6.07) is 13.6. The molecule has 0 saturated carbocycles. The SMILES string of the molecule is CC(C)N1CCCC(CN)C1c1ccc2ccccc2n1. The zero-order valence-electron chi connectivity index (χ0n) is 13.0. The van der Waals surface area contributed by atoms with E-state index in [1.165, 1.54) is 23.9 Å². The Bertz CT molecular complexity index is 608. The second-order valence-electron chi connectivity index (χ2n) is 6.34. The highest BCUT2D eigenvalue weighted by atomic mass is 15.2. The predicted octanol–water partition coefficient (Wildman–Crippen LogP) is 3.36. The van der Waals surface area contributed by atoms with E-state index < -0.39 is 0 Å². The first kappa shape index (κ1) is 14.5. The standard InChI is InChI=1S/C18H25N3/c1-13(2)21-11-5-7-15(12-19)18(21)17-10-9-14-6-3-4-8-16(14)20-17/h3-4,6,8-10,13,15,18H,5,7,11-12,19H2,1-2H3. The highest BCUT2D eigenvalue weighted by Gasteiger charge is 2.34. The predicted molar refractivity (Wildman–Crippen MR) is 88.1 cm³/mol. The second-order valence-corrected chi connectivity index (χ2v) is 6.34. The van der Waals surface area contributed by atoms with Gasteiger partial charge in [-0.2, -0.15) is 0 Å². The Morgan fingerprint density at radius 2 is 2.05 bits per heavy atom. The quantitative estimate of drug-likeness (QED) is 0.939. The van der Waals surface area contributed by atoms with Crippen molar-refractivity contribution in [2.45, 2.75) is 38.8 Å². The number of piperidine rings is 1. The number of hydrogen-bond donors (Lipinski definition) is 1. The van der Waals surface area contributed by atoms with Gasteiger partial charge in [-0.1, -0.05) is 24.3 Å². The van der Waals surface area contributed by atoms with Crippen LogP contribution >= 0.6 is 0 Å². The van der Waals surface area contributed by atoms with Crippen LogP contribution in [0.4, 0.5) is 0 Å². The van der Waals surface area contributed by atoms with Gasteiger partial charge in [-0.25, -0.2) is 0 Å². The van der Waals surface area contributed by atoms with E-state index in [1.54, 1.807) is 0 Å². The minimum absolute atomic E-state index is 0.355. The molecule has 2 unspecified atom stereocenters. The number of nitrogens with two attached hydrogens (primary N) is 1. The van der Waals surface area contributed by atoms with E-state index in [0.717, 1.165) is 18.6 Å². The van der Waals surface area contributed by atoms with E-state index in [-0.39, 0.29) is 0 Å². The third-order valence-electron chi connectivity index (χ3n) is 4.68. The van der Waals surface area contributed by atoms with Crippen LogP contribution in [0.5, 0.6) is 0 Å². The molecule has 3 heteroatoms. The number of rotatable bonds is 3. The zero-order chi connectivity index (χ0) is 14.8. The van der Waals surface area contributed by atoms with Gasteiger partial charge in [-0.05, 0) is 57.8 Å². The summed E-state index contributed by atoms with van der Waals surface area (Å²) in [5.41, 5.74) is 8.31. The van der Waals surface area contributed by atoms with Gasteiger partial charge in [0.1, 0.15) is 0 Å². The van der Waals surface area contributed by atoms with Crippen LogP contribution in [0.2, 0.25) is 0 Å². The van der Waals surface area contributed by atoms with E-state index in [4.69, 9.17) is 10.7 Å². The van der Waals surface area contributed by atoms with Crippen molar-refractivity contribution in [3.05, 3.63) is 42.1 Å². The molecule has 1 saturated heterocycles. The molecule has 2 atom stereocenters. The third kappa shape index (κ3) is 2.81. The van der Waals surface area contributed by atoms with Crippen molar-refractivity contribution in [2.75, 3.05) is 13.1 Å². The summed E-state index contributed by atoms with van der Waals surface area (Å²) in [4.78, 5) is 7.50. The summed E-state index contributed by atoms with van der Waals surface area (Å²) in [6.45, 7) is 6.43. The minimum atomic E-state index is 0.355. The monoisotopic (exact) mass is 283 g/mol. The maximum absolute atomic E-state index is 6.05. The first-order valence-corrected chi connectivity index (χ1v) is 8.02. The maximum Gasteiger partial charge on any atom is 0.0706 e. The average molecular weight is 283 g/mol. The Hall–Kier alpha value is -1.45. The summed E-state index contributed by atoms with van der Waals surface area (Å²) in [6.07, 6.45) is 2.45. The van der Waals surface area contributed by atoms with Gasteiger partial charge in [0, 0.05) is 11.4 Å². The van der Waals surface area contributed by atoms with Gasteiger partial charge in [0.05, 0.1) is 17.3 Å². The number of hydrogen-bond acceptors (Lipinski definition) is 3. The topological polar surface area (TPSA) is 42.1 Å². The second kappa shape index (κ2) is 6.12. The number of likely N-dealkylation sites (tertiary alicyclic amines) is 1. The number of fused-ring (bicyclic) bond motifs is 1. The number of benzene rings is 1. The van der Waals surface area contributed by atoms with Crippen molar-refractivity contribution in [1.29, 1.82) is 0 Å². The number of aromatic nitrogens is 1. The summed E-state index contributed by atoms with van der Waals surface area (Å²) in [5, 5.41) is 1.21. The lowest BCUT2D eigenvalue weighted by Crippen LogP contribution is -2.45. The van der Waals surface area contributed by atoms with E-state index in [0.29, 0.717) is 18.0 Å². The maximum atomic E-state index is 6.05. The molecular weight excluding hydrogens is 258 g/mol. The minimum Gasteiger partial charge on any atom is -0.330 e. The summed E-state index contributed by atoms with van der Waals surface area (Å²) in [7, 11) is 0. The molecule has 1 aromatic heterocycles. The lowest BCUT2D eigenvalue weighted by Gasteiger charge is -2.43. The Morgan fingerprint density at radius 3 is 2.81 bits per heavy atom. The molecule has 1 aliphatic rings. The van der Waals surface area contributed by atoms with Gasteiger partial charge < -0.3 is 5.73 Å². The Labute approximate surface area is 127 Å². The molecule has 1 fully saturated rings. The Morgan fingerprint density at radius 1 is 1.24 bits per heavy atom. The van der Waals surface area contributed by atoms with Crippen molar-refractivity contribution >= 4 is 10.9 Å². The van der Waals surface area contributed by atoms with Crippen LogP contribution in [-0.4, -0.2) is 29.0 Å². The molecule has 2 aromatic rings. The number of nitrogens with zero attached hydrogens (tertiary/aromatic N) is 2. The van der Waals surface area contributed by atoms with Crippen molar-refractivity contribution in [3.8, 4) is 0 Å². The van der Waals surface area contributed by atoms with Crippen LogP contribution in [0.25, 0.3) is 10.9 Å². The van der Waals surface area contributed by atoms with E-state index in [1.807, 2.05) is 0 Å². The summed E-state index contributed by atoms with van der Waals surface area (Å²) >= 11 is 0.